The maximum atomic E-state index is 13.6. The molecular formula is C27H28N6O5S. The molecule has 202 valence electrons. The Morgan fingerprint density at radius 1 is 1.26 bits per heavy atom. The van der Waals surface area contributed by atoms with E-state index in [4.69, 9.17) is 4.42 Å². The van der Waals surface area contributed by atoms with Crippen molar-refractivity contribution in [3.63, 3.8) is 0 Å². The summed E-state index contributed by atoms with van der Waals surface area (Å²) in [7, 11) is 1.55. The van der Waals surface area contributed by atoms with E-state index in [1.54, 1.807) is 18.9 Å². The Labute approximate surface area is 228 Å². The largest absolute Gasteiger partial charge is 0.465 e. The molecule has 0 spiro atoms. The first-order chi connectivity index (χ1) is 18.6. The molecule has 1 aromatic carbocycles. The summed E-state index contributed by atoms with van der Waals surface area (Å²) in [6.45, 7) is 4.15. The third-order valence-electron chi connectivity index (χ3n) is 6.78. The van der Waals surface area contributed by atoms with E-state index in [2.05, 4.69) is 20.5 Å². The third-order valence-corrected chi connectivity index (χ3v) is 7.84. The number of nitrogens with zero attached hydrogens (tertiary/aromatic N) is 5. The lowest BCUT2D eigenvalue weighted by Gasteiger charge is -2.25. The number of amides is 2. The van der Waals surface area contributed by atoms with Gasteiger partial charge in [0.25, 0.3) is 17.4 Å². The van der Waals surface area contributed by atoms with E-state index in [0.29, 0.717) is 12.1 Å². The van der Waals surface area contributed by atoms with Gasteiger partial charge in [-0.3, -0.25) is 9.59 Å². The lowest BCUT2D eigenvalue weighted by Crippen LogP contribution is -2.44. The number of hydrogen-bond acceptors (Lipinski definition) is 8. The Balaban J connectivity index is 1.48. The molecule has 1 aliphatic heterocycles. The molecule has 1 aliphatic rings. The van der Waals surface area contributed by atoms with Crippen LogP contribution in [0.4, 0.5) is 4.79 Å². The van der Waals surface area contributed by atoms with Crippen molar-refractivity contribution in [3.05, 3.63) is 86.0 Å². The molecule has 2 N–H and O–H groups in total. The monoisotopic (exact) mass is 548 g/mol. The fourth-order valence-corrected chi connectivity index (χ4v) is 5.85. The maximum Gasteiger partial charge on any atom is 0.405 e. The van der Waals surface area contributed by atoms with E-state index in [1.165, 1.54) is 28.2 Å². The Hall–Kier alpha value is -4.32. The summed E-state index contributed by atoms with van der Waals surface area (Å²) in [5, 5.41) is 23.0. The average molecular weight is 549 g/mol. The summed E-state index contributed by atoms with van der Waals surface area (Å²) in [6.07, 6.45) is 2.16. The number of thiazole rings is 1. The van der Waals surface area contributed by atoms with Gasteiger partial charge in [0.05, 0.1) is 11.6 Å². The highest BCUT2D eigenvalue weighted by molar-refractivity contribution is 7.09. The number of likely N-dealkylation sites (tertiary alicyclic amines) is 1. The molecule has 1 fully saturated rings. The van der Waals surface area contributed by atoms with Crippen molar-refractivity contribution in [2.45, 2.75) is 44.7 Å². The van der Waals surface area contributed by atoms with Gasteiger partial charge >= 0.3 is 6.09 Å². The SMILES string of the molecule is Cc1csc([C@H]2CCCN2C(=O)c2cc(-c3nnc([C@@](C)(Cc4ccccc4)NC(=O)O)o3)c(=O)n(C)c2)n1. The van der Waals surface area contributed by atoms with Crippen LogP contribution in [0.2, 0.25) is 0 Å². The van der Waals surface area contributed by atoms with Gasteiger partial charge in [-0.2, -0.15) is 0 Å². The van der Waals surface area contributed by atoms with Gasteiger partial charge in [0, 0.05) is 37.3 Å². The van der Waals surface area contributed by atoms with Crippen molar-refractivity contribution in [1.29, 1.82) is 0 Å². The van der Waals surface area contributed by atoms with E-state index < -0.39 is 17.2 Å². The summed E-state index contributed by atoms with van der Waals surface area (Å²) in [5.74, 6) is -0.315. The molecule has 0 unspecified atom stereocenters. The molecule has 3 aromatic heterocycles. The molecule has 0 radical (unpaired) electrons. The van der Waals surface area contributed by atoms with Gasteiger partial charge < -0.3 is 24.3 Å². The second kappa shape index (κ2) is 10.4. The number of pyridine rings is 1. The van der Waals surface area contributed by atoms with Crippen LogP contribution in [0.25, 0.3) is 11.5 Å². The van der Waals surface area contributed by atoms with Gasteiger partial charge in [0.2, 0.25) is 5.89 Å². The summed E-state index contributed by atoms with van der Waals surface area (Å²) in [5.41, 5.74) is 0.454. The zero-order valence-corrected chi connectivity index (χ0v) is 22.6. The van der Waals surface area contributed by atoms with Gasteiger partial charge in [-0.15, -0.1) is 21.5 Å². The van der Waals surface area contributed by atoms with E-state index in [1.807, 2.05) is 42.6 Å². The normalized spacial score (nSPS) is 16.7. The number of benzene rings is 1. The van der Waals surface area contributed by atoms with Gasteiger partial charge in [0.1, 0.15) is 16.1 Å². The summed E-state index contributed by atoms with van der Waals surface area (Å²) in [6, 6.07) is 10.6. The van der Waals surface area contributed by atoms with Crippen molar-refractivity contribution in [2.75, 3.05) is 6.54 Å². The number of carboxylic acid groups (broad SMARTS) is 1. The molecule has 0 aliphatic carbocycles. The zero-order valence-electron chi connectivity index (χ0n) is 21.7. The van der Waals surface area contributed by atoms with Crippen molar-refractivity contribution < 1.29 is 19.1 Å². The smallest absolute Gasteiger partial charge is 0.405 e. The predicted octanol–water partition coefficient (Wildman–Crippen LogP) is 3.90. The molecule has 1 saturated heterocycles. The van der Waals surface area contributed by atoms with Crippen molar-refractivity contribution in [3.8, 4) is 11.5 Å². The van der Waals surface area contributed by atoms with Gasteiger partial charge in [-0.1, -0.05) is 30.3 Å². The standard InChI is InChI=1S/C27H28N6O5S/c1-16-15-39-22(28-16)20-10-7-11-33(20)23(34)18-12-19(24(35)32(3)14-18)21-30-31-25(38-21)27(2,29-26(36)37)13-17-8-5-4-6-9-17/h4-6,8-9,12,14-15,20,29H,7,10-11,13H2,1-3H3,(H,36,37)/t20-,27-/m1/s1. The second-order valence-corrected chi connectivity index (χ2v) is 10.8. The number of nitrogens with one attached hydrogen (secondary N) is 1. The van der Waals surface area contributed by atoms with Gasteiger partial charge in [-0.25, -0.2) is 9.78 Å². The highest BCUT2D eigenvalue weighted by Crippen LogP contribution is 2.35. The molecule has 39 heavy (non-hydrogen) atoms. The molecule has 5 rings (SSSR count). The minimum Gasteiger partial charge on any atom is -0.465 e. The van der Waals surface area contributed by atoms with E-state index in [-0.39, 0.29) is 35.7 Å². The summed E-state index contributed by atoms with van der Waals surface area (Å²) >= 11 is 1.54. The first-order valence-corrected chi connectivity index (χ1v) is 13.4. The number of hydrogen-bond donors (Lipinski definition) is 2. The highest BCUT2D eigenvalue weighted by Gasteiger charge is 2.36. The van der Waals surface area contributed by atoms with Crippen LogP contribution in [-0.4, -0.2) is 48.3 Å². The Bertz CT molecular complexity index is 1580. The molecule has 2 amide bonds. The van der Waals surface area contributed by atoms with Crippen molar-refractivity contribution >= 4 is 23.3 Å². The lowest BCUT2D eigenvalue weighted by molar-refractivity contribution is 0.0734. The van der Waals surface area contributed by atoms with E-state index >= 15 is 0 Å². The van der Waals surface area contributed by atoms with Crippen molar-refractivity contribution in [1.82, 2.24) is 30.0 Å². The maximum absolute atomic E-state index is 13.6. The third kappa shape index (κ3) is 5.32. The summed E-state index contributed by atoms with van der Waals surface area (Å²) < 4.78 is 7.21. The highest BCUT2D eigenvalue weighted by atomic mass is 32.1. The number of aryl methyl sites for hydroxylation is 2. The van der Waals surface area contributed by atoms with Crippen LogP contribution in [0.1, 0.15) is 58.3 Å². The lowest BCUT2D eigenvalue weighted by atomic mass is 9.93. The molecule has 4 aromatic rings. The van der Waals surface area contributed by atoms with Crippen LogP contribution in [0, 0.1) is 6.92 Å². The summed E-state index contributed by atoms with van der Waals surface area (Å²) in [4.78, 5) is 44.7. The molecule has 0 saturated carbocycles. The fourth-order valence-electron chi connectivity index (χ4n) is 4.91. The first-order valence-electron chi connectivity index (χ1n) is 12.5. The molecule has 12 heteroatoms. The van der Waals surface area contributed by atoms with Crippen LogP contribution in [0.3, 0.4) is 0 Å². The molecular weight excluding hydrogens is 520 g/mol. The Morgan fingerprint density at radius 3 is 2.72 bits per heavy atom. The minimum absolute atomic E-state index is 0.00119. The van der Waals surface area contributed by atoms with Crippen LogP contribution >= 0.6 is 11.3 Å². The van der Waals surface area contributed by atoms with Crippen LogP contribution in [0.5, 0.6) is 0 Å². The molecule has 11 nitrogen and oxygen atoms in total. The number of carbonyl (C=O) groups is 2. The first kappa shape index (κ1) is 26.3. The van der Waals surface area contributed by atoms with E-state index in [0.717, 1.165) is 29.1 Å². The predicted molar refractivity (Wildman–Crippen MR) is 143 cm³/mol. The van der Waals surface area contributed by atoms with Gasteiger partial charge in [0.15, 0.2) is 0 Å². The Morgan fingerprint density at radius 2 is 2.03 bits per heavy atom. The average Bonchev–Trinajstić information content (AvgIpc) is 3.66. The van der Waals surface area contributed by atoms with Crippen LogP contribution < -0.4 is 10.9 Å². The quantitative estimate of drug-likeness (QED) is 0.354. The van der Waals surface area contributed by atoms with Crippen LogP contribution in [-0.2, 0) is 19.0 Å². The molecule has 0 bridgehead atoms. The van der Waals surface area contributed by atoms with Gasteiger partial charge in [-0.05, 0) is 38.3 Å². The number of carbonyl (C=O) groups excluding carboxylic acids is 1. The van der Waals surface area contributed by atoms with Crippen molar-refractivity contribution in [2.24, 2.45) is 7.05 Å². The topological polar surface area (TPSA) is 143 Å². The minimum atomic E-state index is -1.26. The molecule has 2 atom stereocenters. The second-order valence-electron chi connectivity index (χ2n) is 9.88. The zero-order chi connectivity index (χ0) is 27.7. The number of aromatic nitrogens is 4. The Kier molecular flexibility index (Phi) is 7.04. The van der Waals surface area contributed by atoms with E-state index in [9.17, 15) is 19.5 Å². The fraction of sp³-hybridized carbons (Fsp3) is 0.333. The van der Waals surface area contributed by atoms with Crippen LogP contribution in [0.15, 0.2) is 57.2 Å². The molecule has 4 heterocycles. The number of rotatable bonds is 7.